The summed E-state index contributed by atoms with van der Waals surface area (Å²) in [4.78, 5) is 16.8. The molecular formula is C16H30N2O2. The van der Waals surface area contributed by atoms with E-state index in [2.05, 4.69) is 30.6 Å². The number of amides is 1. The summed E-state index contributed by atoms with van der Waals surface area (Å²) < 4.78 is 0. The van der Waals surface area contributed by atoms with Crippen molar-refractivity contribution >= 4 is 5.91 Å². The molecule has 0 bridgehead atoms. The van der Waals surface area contributed by atoms with E-state index in [4.69, 9.17) is 0 Å². The van der Waals surface area contributed by atoms with Gasteiger partial charge in [0.05, 0.1) is 12.6 Å². The Bertz CT molecular complexity index is 326. The Morgan fingerprint density at radius 2 is 1.95 bits per heavy atom. The molecule has 1 aliphatic heterocycles. The summed E-state index contributed by atoms with van der Waals surface area (Å²) >= 11 is 0. The van der Waals surface area contributed by atoms with Crippen molar-refractivity contribution in [3.63, 3.8) is 0 Å². The first-order chi connectivity index (χ1) is 9.49. The molecule has 4 nitrogen and oxygen atoms in total. The summed E-state index contributed by atoms with van der Waals surface area (Å²) in [6.45, 7) is 8.36. The molecule has 1 saturated carbocycles. The molecule has 1 saturated heterocycles. The van der Waals surface area contributed by atoms with Crippen molar-refractivity contribution < 1.29 is 9.90 Å². The first-order valence-electron chi connectivity index (χ1n) is 8.20. The van der Waals surface area contributed by atoms with E-state index < -0.39 is 0 Å². The van der Waals surface area contributed by atoms with Crippen LogP contribution < -0.4 is 0 Å². The van der Waals surface area contributed by atoms with Crippen LogP contribution in [0.4, 0.5) is 0 Å². The summed E-state index contributed by atoms with van der Waals surface area (Å²) in [5, 5.41) is 9.95. The third-order valence-electron chi connectivity index (χ3n) is 4.92. The molecule has 1 N–H and O–H groups in total. The van der Waals surface area contributed by atoms with Crippen molar-refractivity contribution in [2.24, 2.45) is 5.92 Å². The van der Waals surface area contributed by atoms with Gasteiger partial charge in [-0.1, -0.05) is 19.8 Å². The van der Waals surface area contributed by atoms with Crippen LogP contribution in [0.3, 0.4) is 0 Å². The molecule has 0 aromatic heterocycles. The standard InChI is InChI=1S/C16H30N2O2/c1-12(2)18(14-6-4-5-7-14)16(20)11-17-9-8-13(3)15(19)10-17/h12-15,19H,4-11H2,1-3H3. The predicted octanol–water partition coefficient (Wildman–Crippen LogP) is 1.87. The van der Waals surface area contributed by atoms with E-state index in [1.54, 1.807) is 0 Å². The van der Waals surface area contributed by atoms with Gasteiger partial charge in [-0.05, 0) is 45.6 Å². The molecule has 4 heteroatoms. The third-order valence-corrected chi connectivity index (χ3v) is 4.92. The Kier molecular flexibility index (Phi) is 5.44. The summed E-state index contributed by atoms with van der Waals surface area (Å²) in [6.07, 6.45) is 5.52. The van der Waals surface area contributed by atoms with Crippen molar-refractivity contribution in [1.82, 2.24) is 9.80 Å². The molecule has 1 amide bonds. The van der Waals surface area contributed by atoms with Gasteiger partial charge in [0.2, 0.25) is 5.91 Å². The molecule has 2 fully saturated rings. The molecule has 2 rings (SSSR count). The normalized spacial score (nSPS) is 29.1. The number of nitrogens with zero attached hydrogens (tertiary/aromatic N) is 2. The molecule has 20 heavy (non-hydrogen) atoms. The topological polar surface area (TPSA) is 43.8 Å². The lowest BCUT2D eigenvalue weighted by Crippen LogP contribution is -2.51. The molecular weight excluding hydrogens is 252 g/mol. The van der Waals surface area contributed by atoms with Gasteiger partial charge < -0.3 is 10.0 Å². The van der Waals surface area contributed by atoms with Crippen molar-refractivity contribution in [1.29, 1.82) is 0 Å². The quantitative estimate of drug-likeness (QED) is 0.856. The van der Waals surface area contributed by atoms with E-state index in [0.29, 0.717) is 25.0 Å². The number of likely N-dealkylation sites (tertiary alicyclic amines) is 1. The second-order valence-electron chi connectivity index (χ2n) is 6.90. The van der Waals surface area contributed by atoms with Crippen LogP contribution in [0.15, 0.2) is 0 Å². The van der Waals surface area contributed by atoms with Gasteiger partial charge in [-0.2, -0.15) is 0 Å². The van der Waals surface area contributed by atoms with Crippen LogP contribution in [0.25, 0.3) is 0 Å². The average Bonchev–Trinajstić information content (AvgIpc) is 2.87. The number of β-amino-alcohol motifs (C(OH)–C–C–N with tert-alkyl or cyclic N) is 1. The van der Waals surface area contributed by atoms with Gasteiger partial charge in [-0.3, -0.25) is 9.69 Å². The maximum absolute atomic E-state index is 12.6. The van der Waals surface area contributed by atoms with Crippen LogP contribution in [0.5, 0.6) is 0 Å². The zero-order valence-corrected chi connectivity index (χ0v) is 13.2. The number of aliphatic hydroxyl groups excluding tert-OH is 1. The fraction of sp³-hybridized carbons (Fsp3) is 0.938. The largest absolute Gasteiger partial charge is 0.392 e. The molecule has 2 aliphatic rings. The molecule has 2 atom stereocenters. The van der Waals surface area contributed by atoms with Crippen molar-refractivity contribution in [3.8, 4) is 0 Å². The fourth-order valence-electron chi connectivity index (χ4n) is 3.63. The predicted molar refractivity (Wildman–Crippen MR) is 80.5 cm³/mol. The SMILES string of the molecule is CC1CCN(CC(=O)N(C(C)C)C2CCCC2)CC1O. The van der Waals surface area contributed by atoms with Crippen LogP contribution in [-0.2, 0) is 4.79 Å². The summed E-state index contributed by atoms with van der Waals surface area (Å²) in [7, 11) is 0. The molecule has 116 valence electrons. The fourth-order valence-corrected chi connectivity index (χ4v) is 3.63. The van der Waals surface area contributed by atoms with Gasteiger partial charge >= 0.3 is 0 Å². The molecule has 0 aromatic rings. The molecule has 0 spiro atoms. The first-order valence-corrected chi connectivity index (χ1v) is 8.20. The van der Waals surface area contributed by atoms with E-state index in [9.17, 15) is 9.90 Å². The van der Waals surface area contributed by atoms with Gasteiger partial charge in [0, 0.05) is 18.6 Å². The van der Waals surface area contributed by atoms with Gasteiger partial charge in [-0.25, -0.2) is 0 Å². The van der Waals surface area contributed by atoms with Crippen molar-refractivity contribution in [2.75, 3.05) is 19.6 Å². The summed E-state index contributed by atoms with van der Waals surface area (Å²) in [6, 6.07) is 0.718. The van der Waals surface area contributed by atoms with Crippen LogP contribution in [-0.4, -0.2) is 58.6 Å². The lowest BCUT2D eigenvalue weighted by molar-refractivity contribution is -0.137. The second kappa shape index (κ2) is 6.90. The zero-order chi connectivity index (χ0) is 14.7. The zero-order valence-electron chi connectivity index (χ0n) is 13.2. The minimum absolute atomic E-state index is 0.244. The lowest BCUT2D eigenvalue weighted by Gasteiger charge is -2.38. The smallest absolute Gasteiger partial charge is 0.237 e. The number of carbonyl (C=O) groups excluding carboxylic acids is 1. The van der Waals surface area contributed by atoms with E-state index in [1.165, 1.54) is 12.8 Å². The van der Waals surface area contributed by atoms with Crippen LogP contribution in [0.1, 0.15) is 52.9 Å². The van der Waals surface area contributed by atoms with E-state index in [1.807, 2.05) is 0 Å². The number of hydrogen-bond acceptors (Lipinski definition) is 3. The molecule has 1 heterocycles. The van der Waals surface area contributed by atoms with Gasteiger partial charge in [0.1, 0.15) is 0 Å². The highest BCUT2D eigenvalue weighted by Crippen LogP contribution is 2.26. The molecule has 1 aliphatic carbocycles. The highest BCUT2D eigenvalue weighted by molar-refractivity contribution is 5.79. The van der Waals surface area contributed by atoms with Gasteiger partial charge in [-0.15, -0.1) is 0 Å². The molecule has 2 unspecified atom stereocenters. The Morgan fingerprint density at radius 1 is 1.30 bits per heavy atom. The lowest BCUT2D eigenvalue weighted by atomic mass is 9.96. The maximum atomic E-state index is 12.6. The molecule has 0 radical (unpaired) electrons. The van der Waals surface area contributed by atoms with Crippen molar-refractivity contribution in [3.05, 3.63) is 0 Å². The number of piperidine rings is 1. The first kappa shape index (κ1) is 15.8. The van der Waals surface area contributed by atoms with E-state index >= 15 is 0 Å². The number of hydrogen-bond donors (Lipinski definition) is 1. The van der Waals surface area contributed by atoms with E-state index in [-0.39, 0.29) is 18.1 Å². The number of aliphatic hydroxyl groups is 1. The Balaban J connectivity index is 1.91. The van der Waals surface area contributed by atoms with Gasteiger partial charge in [0.25, 0.3) is 0 Å². The minimum Gasteiger partial charge on any atom is -0.392 e. The average molecular weight is 282 g/mol. The highest BCUT2D eigenvalue weighted by atomic mass is 16.3. The monoisotopic (exact) mass is 282 g/mol. The third kappa shape index (κ3) is 3.73. The summed E-state index contributed by atoms with van der Waals surface area (Å²) in [5.74, 6) is 0.603. The van der Waals surface area contributed by atoms with Crippen molar-refractivity contribution in [2.45, 2.75) is 71.1 Å². The molecule has 0 aromatic carbocycles. The summed E-state index contributed by atoms with van der Waals surface area (Å²) in [5.41, 5.74) is 0. The van der Waals surface area contributed by atoms with Crippen LogP contribution in [0, 0.1) is 5.92 Å². The minimum atomic E-state index is -0.282. The maximum Gasteiger partial charge on any atom is 0.237 e. The van der Waals surface area contributed by atoms with E-state index in [0.717, 1.165) is 25.8 Å². The Morgan fingerprint density at radius 3 is 2.50 bits per heavy atom. The van der Waals surface area contributed by atoms with Crippen LogP contribution in [0.2, 0.25) is 0 Å². The second-order valence-corrected chi connectivity index (χ2v) is 6.90. The Hall–Kier alpha value is -0.610. The number of carbonyl (C=O) groups is 1. The van der Waals surface area contributed by atoms with Gasteiger partial charge in [0.15, 0.2) is 0 Å². The number of rotatable bonds is 4. The highest BCUT2D eigenvalue weighted by Gasteiger charge is 2.31. The van der Waals surface area contributed by atoms with Crippen LogP contribution >= 0.6 is 0 Å². The Labute approximate surface area is 123 Å².